The van der Waals surface area contributed by atoms with Crippen LogP contribution in [0, 0.1) is 11.2 Å². The van der Waals surface area contributed by atoms with Gasteiger partial charge in [0.2, 0.25) is 5.91 Å². The van der Waals surface area contributed by atoms with Gasteiger partial charge in [-0.25, -0.2) is 25.6 Å². The molecule has 0 N–H and O–H groups in total. The molecule has 0 radical (unpaired) electrons. The first-order chi connectivity index (χ1) is 20.1. The number of carbonyl (C=O) groups is 1. The molecule has 44 heavy (non-hydrogen) atoms. The molecule has 2 aromatic carbocycles. The molecule has 6 nitrogen and oxygen atoms in total. The van der Waals surface area contributed by atoms with Crippen LogP contribution >= 0.6 is 0 Å². The first-order valence-electron chi connectivity index (χ1n) is 13.6. The van der Waals surface area contributed by atoms with Gasteiger partial charge in [0.15, 0.2) is 9.84 Å². The van der Waals surface area contributed by atoms with Crippen molar-refractivity contribution in [3.63, 3.8) is 0 Å². The molecule has 242 valence electrons. The van der Waals surface area contributed by atoms with E-state index in [-0.39, 0.29) is 67.3 Å². The van der Waals surface area contributed by atoms with Gasteiger partial charge in [-0.1, -0.05) is 25.1 Å². The first kappa shape index (κ1) is 32.6. The fourth-order valence-corrected chi connectivity index (χ4v) is 10.9. The summed E-state index contributed by atoms with van der Waals surface area (Å²) in [6.07, 6.45) is -13.6. The second kappa shape index (κ2) is 10.1. The van der Waals surface area contributed by atoms with Gasteiger partial charge in [-0.15, -0.1) is 0 Å². The standard InChI is InChI=1S/C28H27F8NO5S2/c1-24(11-14-43(39,40)15-12-24)23(38)37-13-10-25(44(41,42)20-6-4-19(29)5-7-20)21-8-3-18(16-17(21)2-9-22(25)37)26(30,27(31,32)33)28(34,35)36/h3-8,16,22H,2,9-15H2,1H3/t22-,25-/m1/s1. The zero-order chi connectivity index (χ0) is 32.7. The number of nitrogens with zero attached hydrogens (tertiary/aromatic N) is 1. The van der Waals surface area contributed by atoms with Gasteiger partial charge < -0.3 is 4.90 Å². The largest absolute Gasteiger partial charge is 0.435 e. The number of likely N-dealkylation sites (tertiary alicyclic amines) is 1. The average Bonchev–Trinajstić information content (AvgIpc) is 3.34. The Morgan fingerprint density at radius 1 is 0.909 bits per heavy atom. The third kappa shape index (κ3) is 4.72. The fraction of sp³-hybridized carbons (Fsp3) is 0.536. The van der Waals surface area contributed by atoms with Gasteiger partial charge in [0.05, 0.1) is 22.4 Å². The van der Waals surface area contributed by atoms with Crippen molar-refractivity contribution in [3.05, 3.63) is 65.0 Å². The predicted octanol–water partition coefficient (Wildman–Crippen LogP) is 5.55. The van der Waals surface area contributed by atoms with Gasteiger partial charge in [-0.05, 0) is 67.5 Å². The summed E-state index contributed by atoms with van der Waals surface area (Å²) in [4.78, 5) is 14.9. The van der Waals surface area contributed by atoms with Crippen molar-refractivity contribution in [3.8, 4) is 0 Å². The monoisotopic (exact) mass is 673 g/mol. The van der Waals surface area contributed by atoms with E-state index >= 15 is 0 Å². The smallest absolute Gasteiger partial charge is 0.337 e. The summed E-state index contributed by atoms with van der Waals surface area (Å²) in [5.74, 6) is -1.82. The normalized spacial score (nSPS) is 25.3. The van der Waals surface area contributed by atoms with Crippen molar-refractivity contribution in [1.82, 2.24) is 4.90 Å². The summed E-state index contributed by atoms with van der Waals surface area (Å²) in [7, 11) is -8.00. The molecule has 0 saturated carbocycles. The van der Waals surface area contributed by atoms with E-state index in [2.05, 4.69) is 0 Å². The number of halogens is 8. The Labute approximate surface area is 248 Å². The molecule has 16 heteroatoms. The van der Waals surface area contributed by atoms with E-state index in [1.807, 2.05) is 0 Å². The number of sulfone groups is 2. The summed E-state index contributed by atoms with van der Waals surface area (Å²) in [5, 5.41) is 0. The van der Waals surface area contributed by atoms with Crippen LogP contribution in [0.3, 0.4) is 0 Å². The Balaban J connectivity index is 1.67. The highest BCUT2D eigenvalue weighted by molar-refractivity contribution is 7.92. The SMILES string of the molecule is CC1(C(=O)N2CC[C@@]3(S(=O)(=O)c4ccc(F)cc4)c4ccc(C(F)(C(F)(F)F)C(F)(F)F)cc4CC[C@@H]23)CCS(=O)(=O)CC1. The van der Waals surface area contributed by atoms with Gasteiger partial charge >= 0.3 is 18.0 Å². The Kier molecular flexibility index (Phi) is 7.51. The molecular weight excluding hydrogens is 646 g/mol. The van der Waals surface area contributed by atoms with E-state index in [4.69, 9.17) is 0 Å². The Bertz CT molecular complexity index is 1680. The lowest BCUT2D eigenvalue weighted by Gasteiger charge is -2.45. The van der Waals surface area contributed by atoms with Crippen LogP contribution in [0.4, 0.5) is 35.1 Å². The number of benzene rings is 2. The Morgan fingerprint density at radius 2 is 1.48 bits per heavy atom. The number of amides is 1. The molecule has 1 amide bonds. The molecule has 2 fully saturated rings. The predicted molar refractivity (Wildman–Crippen MR) is 141 cm³/mol. The van der Waals surface area contributed by atoms with Crippen LogP contribution in [0.25, 0.3) is 0 Å². The second-order valence-electron chi connectivity index (χ2n) is 11.9. The van der Waals surface area contributed by atoms with Gasteiger partial charge in [-0.2, -0.15) is 26.3 Å². The molecule has 1 aliphatic carbocycles. The number of carbonyl (C=O) groups excluding carboxylic acids is 1. The summed E-state index contributed by atoms with van der Waals surface area (Å²) in [5.41, 5.74) is -9.10. The molecule has 0 aromatic heterocycles. The minimum atomic E-state index is -6.38. The van der Waals surface area contributed by atoms with Crippen LogP contribution in [0.15, 0.2) is 47.4 Å². The first-order valence-corrected chi connectivity index (χ1v) is 16.9. The quantitative estimate of drug-likeness (QED) is 0.314. The van der Waals surface area contributed by atoms with Gasteiger partial charge in [-0.3, -0.25) is 4.79 Å². The fourth-order valence-electron chi connectivity index (χ4n) is 6.85. The van der Waals surface area contributed by atoms with Crippen LogP contribution in [-0.4, -0.2) is 64.1 Å². The summed E-state index contributed by atoms with van der Waals surface area (Å²) in [6, 6.07) is 3.92. The van der Waals surface area contributed by atoms with Crippen molar-refractivity contribution in [2.75, 3.05) is 18.1 Å². The molecule has 5 rings (SSSR count). The van der Waals surface area contributed by atoms with Crippen LogP contribution < -0.4 is 0 Å². The summed E-state index contributed by atoms with van der Waals surface area (Å²) < 4.78 is 161. The maximum atomic E-state index is 15.0. The topological polar surface area (TPSA) is 88.6 Å². The molecular formula is C28H27F8NO5S2. The number of rotatable bonds is 4. The highest BCUT2D eigenvalue weighted by Crippen LogP contribution is 2.57. The van der Waals surface area contributed by atoms with Crippen molar-refractivity contribution >= 4 is 25.6 Å². The van der Waals surface area contributed by atoms with Crippen LogP contribution in [-0.2, 0) is 41.3 Å². The molecule has 0 bridgehead atoms. The van der Waals surface area contributed by atoms with E-state index < -0.39 is 76.1 Å². The molecule has 2 saturated heterocycles. The average molecular weight is 674 g/mol. The van der Waals surface area contributed by atoms with E-state index in [0.29, 0.717) is 6.07 Å². The summed E-state index contributed by atoms with van der Waals surface area (Å²) in [6.45, 7) is 1.39. The zero-order valence-electron chi connectivity index (χ0n) is 23.1. The Morgan fingerprint density at radius 3 is 2.02 bits per heavy atom. The maximum absolute atomic E-state index is 15.0. The lowest BCUT2D eigenvalue weighted by atomic mass is 9.76. The third-order valence-corrected chi connectivity index (χ3v) is 13.6. The van der Waals surface area contributed by atoms with Crippen molar-refractivity contribution in [2.45, 2.75) is 72.7 Å². The van der Waals surface area contributed by atoms with Crippen LogP contribution in [0.2, 0.25) is 0 Å². The third-order valence-electron chi connectivity index (χ3n) is 9.38. The minimum Gasteiger partial charge on any atom is -0.337 e. The number of hydrogen-bond acceptors (Lipinski definition) is 5. The molecule has 2 atom stereocenters. The van der Waals surface area contributed by atoms with Crippen LogP contribution in [0.5, 0.6) is 0 Å². The van der Waals surface area contributed by atoms with Gasteiger partial charge in [0.25, 0.3) is 0 Å². The molecule has 2 aliphatic heterocycles. The zero-order valence-corrected chi connectivity index (χ0v) is 24.7. The number of aryl methyl sites for hydroxylation is 1. The summed E-state index contributed by atoms with van der Waals surface area (Å²) >= 11 is 0. The van der Waals surface area contributed by atoms with Gasteiger partial charge in [0, 0.05) is 17.5 Å². The lowest BCUT2D eigenvalue weighted by Crippen LogP contribution is -2.55. The second-order valence-corrected chi connectivity index (χ2v) is 16.4. The van der Waals surface area contributed by atoms with Gasteiger partial charge in [0.1, 0.15) is 20.4 Å². The lowest BCUT2D eigenvalue weighted by molar-refractivity contribution is -0.348. The number of hydrogen-bond donors (Lipinski definition) is 0. The highest BCUT2D eigenvalue weighted by atomic mass is 32.2. The highest BCUT2D eigenvalue weighted by Gasteiger charge is 2.74. The van der Waals surface area contributed by atoms with Crippen LogP contribution in [0.1, 0.15) is 49.3 Å². The van der Waals surface area contributed by atoms with E-state index in [9.17, 15) is 56.8 Å². The number of fused-ring (bicyclic) bond motifs is 3. The molecule has 2 aromatic rings. The Hall–Kier alpha value is -2.75. The minimum absolute atomic E-state index is 0.0253. The number of alkyl halides is 7. The van der Waals surface area contributed by atoms with Crippen molar-refractivity contribution in [2.24, 2.45) is 5.41 Å². The van der Waals surface area contributed by atoms with Crippen molar-refractivity contribution < 1.29 is 56.8 Å². The van der Waals surface area contributed by atoms with E-state index in [1.165, 1.54) is 4.90 Å². The maximum Gasteiger partial charge on any atom is 0.435 e. The van der Waals surface area contributed by atoms with E-state index in [0.717, 1.165) is 30.3 Å². The van der Waals surface area contributed by atoms with Crippen molar-refractivity contribution in [1.29, 1.82) is 0 Å². The van der Waals surface area contributed by atoms with E-state index in [1.54, 1.807) is 6.92 Å². The molecule has 3 aliphatic rings. The molecule has 0 spiro atoms. The molecule has 0 unspecified atom stereocenters. The molecule has 2 heterocycles.